The third-order valence-corrected chi connectivity index (χ3v) is 2.73. The molecule has 1 aliphatic rings. The summed E-state index contributed by atoms with van der Waals surface area (Å²) in [6.07, 6.45) is 0. The predicted molar refractivity (Wildman–Crippen MR) is 70.8 cm³/mol. The fraction of sp³-hybridized carbons (Fsp3) is 0. The van der Waals surface area contributed by atoms with Crippen molar-refractivity contribution in [2.75, 3.05) is 0 Å². The van der Waals surface area contributed by atoms with Gasteiger partial charge < -0.3 is 0 Å². The van der Waals surface area contributed by atoms with E-state index in [2.05, 4.69) is 21.3 Å². The molecule has 2 aromatic carbocycles. The molecular formula is C14H12N4. The topological polar surface area (TPSA) is 48.8 Å². The van der Waals surface area contributed by atoms with Gasteiger partial charge in [0, 0.05) is 11.1 Å². The van der Waals surface area contributed by atoms with Crippen LogP contribution in [0.25, 0.3) is 11.4 Å². The zero-order valence-corrected chi connectivity index (χ0v) is 9.67. The molecule has 2 N–H and O–H groups in total. The number of hydrogen-bond donors (Lipinski definition) is 2. The van der Waals surface area contributed by atoms with Gasteiger partial charge in [-0.05, 0) is 0 Å². The molecule has 0 fully saturated rings. The molecule has 0 amide bonds. The normalized spacial score (nSPS) is 14.0. The molecule has 0 bridgehead atoms. The molecule has 0 saturated heterocycles. The average molecular weight is 236 g/mol. The monoisotopic (exact) mass is 236 g/mol. The molecule has 0 atom stereocenters. The van der Waals surface area contributed by atoms with Gasteiger partial charge in [0.05, 0.1) is 5.70 Å². The maximum absolute atomic E-state index is 4.19. The molecule has 1 aliphatic heterocycles. The summed E-state index contributed by atoms with van der Waals surface area (Å²) in [5.74, 6) is 0. The smallest absolute Gasteiger partial charge is 0.120 e. The van der Waals surface area contributed by atoms with Gasteiger partial charge in [0.15, 0.2) is 0 Å². The summed E-state index contributed by atoms with van der Waals surface area (Å²) in [5, 5.41) is 8.01. The average Bonchev–Trinajstić information content (AvgIpc) is 2.49. The Morgan fingerprint density at radius 3 is 2.00 bits per heavy atom. The Hall–Kier alpha value is -2.62. The van der Waals surface area contributed by atoms with E-state index in [0.29, 0.717) is 0 Å². The minimum atomic E-state index is 0.834. The summed E-state index contributed by atoms with van der Waals surface area (Å²) >= 11 is 0. The second-order valence-corrected chi connectivity index (χ2v) is 3.89. The minimum Gasteiger partial charge on any atom is -0.281 e. The van der Waals surface area contributed by atoms with Crippen LogP contribution < -0.4 is 11.0 Å². The maximum Gasteiger partial charge on any atom is 0.120 e. The molecule has 0 aromatic heterocycles. The van der Waals surface area contributed by atoms with Gasteiger partial charge >= 0.3 is 0 Å². The van der Waals surface area contributed by atoms with Crippen LogP contribution in [0.4, 0.5) is 0 Å². The summed E-state index contributed by atoms with van der Waals surface area (Å²) in [7, 11) is 0. The first kappa shape index (κ1) is 10.5. The third-order valence-electron chi connectivity index (χ3n) is 2.73. The van der Waals surface area contributed by atoms with Gasteiger partial charge in [-0.1, -0.05) is 65.9 Å². The molecular weight excluding hydrogens is 224 g/mol. The van der Waals surface area contributed by atoms with Gasteiger partial charge in [-0.3, -0.25) is 5.43 Å². The van der Waals surface area contributed by atoms with Gasteiger partial charge in [0.1, 0.15) is 5.70 Å². The van der Waals surface area contributed by atoms with Crippen molar-refractivity contribution in [2.24, 2.45) is 10.3 Å². The summed E-state index contributed by atoms with van der Waals surface area (Å²) in [4.78, 5) is 0. The fourth-order valence-corrected chi connectivity index (χ4v) is 1.88. The Labute approximate surface area is 105 Å². The molecule has 4 nitrogen and oxygen atoms in total. The van der Waals surface area contributed by atoms with Crippen molar-refractivity contribution in [3.8, 4) is 0 Å². The van der Waals surface area contributed by atoms with Crippen LogP contribution in [0.3, 0.4) is 0 Å². The number of hydrogen-bond acceptors (Lipinski definition) is 4. The molecule has 1 heterocycles. The van der Waals surface area contributed by atoms with Crippen LogP contribution in [0.5, 0.6) is 0 Å². The van der Waals surface area contributed by atoms with Gasteiger partial charge in [-0.2, -0.15) is 0 Å². The van der Waals surface area contributed by atoms with E-state index in [1.54, 1.807) is 0 Å². The van der Waals surface area contributed by atoms with Crippen LogP contribution in [0.15, 0.2) is 71.0 Å². The number of nitrogens with zero attached hydrogens (tertiary/aromatic N) is 2. The van der Waals surface area contributed by atoms with Gasteiger partial charge in [0.25, 0.3) is 0 Å². The van der Waals surface area contributed by atoms with Crippen molar-refractivity contribution in [3.05, 3.63) is 71.8 Å². The lowest BCUT2D eigenvalue weighted by atomic mass is 10.1. The summed E-state index contributed by atoms with van der Waals surface area (Å²) < 4.78 is 0. The molecule has 3 rings (SSSR count). The molecule has 18 heavy (non-hydrogen) atoms. The predicted octanol–water partition coefficient (Wildman–Crippen LogP) is 2.99. The number of rotatable bonds is 2. The Morgan fingerprint density at radius 2 is 1.33 bits per heavy atom. The Bertz CT molecular complexity index is 588. The lowest BCUT2D eigenvalue weighted by Crippen LogP contribution is -2.28. The van der Waals surface area contributed by atoms with E-state index in [4.69, 9.17) is 0 Å². The van der Waals surface area contributed by atoms with Crippen LogP contribution in [0, 0.1) is 0 Å². The highest BCUT2D eigenvalue weighted by molar-refractivity contribution is 5.89. The third kappa shape index (κ3) is 1.96. The van der Waals surface area contributed by atoms with E-state index in [9.17, 15) is 0 Å². The second kappa shape index (κ2) is 4.71. The largest absolute Gasteiger partial charge is 0.281 e. The van der Waals surface area contributed by atoms with Crippen molar-refractivity contribution >= 4 is 11.4 Å². The molecule has 0 unspecified atom stereocenters. The number of nitrogens with one attached hydrogen (secondary N) is 2. The van der Waals surface area contributed by atoms with Crippen molar-refractivity contribution < 1.29 is 0 Å². The van der Waals surface area contributed by atoms with E-state index in [1.807, 2.05) is 60.7 Å². The zero-order chi connectivity index (χ0) is 12.2. The molecule has 0 aliphatic carbocycles. The first-order chi connectivity index (χ1) is 8.95. The molecule has 0 radical (unpaired) electrons. The zero-order valence-electron chi connectivity index (χ0n) is 9.67. The van der Waals surface area contributed by atoms with Crippen molar-refractivity contribution in [1.82, 2.24) is 11.0 Å². The minimum absolute atomic E-state index is 0.834. The lowest BCUT2D eigenvalue weighted by molar-refractivity contribution is 0.629. The van der Waals surface area contributed by atoms with Crippen LogP contribution in [-0.4, -0.2) is 0 Å². The van der Waals surface area contributed by atoms with Crippen LogP contribution in [0.1, 0.15) is 11.1 Å². The summed E-state index contributed by atoms with van der Waals surface area (Å²) in [5.41, 5.74) is 9.61. The standard InChI is InChI=1S/C14H12N4/c1-3-7-11(8-4-1)13-14(16-18-17-15-13)12-9-5-2-6-10-12/h1-10H,(H,15,18)(H,16,17). The van der Waals surface area contributed by atoms with Gasteiger partial charge in [0.2, 0.25) is 0 Å². The molecule has 0 saturated carbocycles. The lowest BCUT2D eigenvalue weighted by Gasteiger charge is -2.17. The van der Waals surface area contributed by atoms with Gasteiger partial charge in [-0.15, -0.1) is 5.11 Å². The maximum atomic E-state index is 4.19. The van der Waals surface area contributed by atoms with E-state index >= 15 is 0 Å². The summed E-state index contributed by atoms with van der Waals surface area (Å²) in [6.45, 7) is 0. The van der Waals surface area contributed by atoms with Crippen LogP contribution >= 0.6 is 0 Å². The fourth-order valence-electron chi connectivity index (χ4n) is 1.88. The molecule has 88 valence electrons. The van der Waals surface area contributed by atoms with Crippen LogP contribution in [0.2, 0.25) is 0 Å². The van der Waals surface area contributed by atoms with E-state index in [1.165, 1.54) is 0 Å². The second-order valence-electron chi connectivity index (χ2n) is 3.89. The van der Waals surface area contributed by atoms with Crippen molar-refractivity contribution in [2.45, 2.75) is 0 Å². The highest BCUT2D eigenvalue weighted by atomic mass is 15.6. The molecule has 4 heteroatoms. The Kier molecular flexibility index (Phi) is 2.75. The Balaban J connectivity index is 2.13. The number of benzene rings is 2. The first-order valence-corrected chi connectivity index (χ1v) is 5.72. The van der Waals surface area contributed by atoms with Crippen LogP contribution in [-0.2, 0) is 0 Å². The first-order valence-electron chi connectivity index (χ1n) is 5.72. The van der Waals surface area contributed by atoms with E-state index < -0.39 is 0 Å². The van der Waals surface area contributed by atoms with E-state index in [0.717, 1.165) is 22.5 Å². The SMILES string of the molecule is c1ccc(C2=C(c3ccccc3)NNN=N2)cc1. The van der Waals surface area contributed by atoms with Crippen molar-refractivity contribution in [1.29, 1.82) is 0 Å². The number of hydrazine groups is 1. The Morgan fingerprint density at radius 1 is 0.722 bits per heavy atom. The highest BCUT2D eigenvalue weighted by Crippen LogP contribution is 2.26. The van der Waals surface area contributed by atoms with Crippen molar-refractivity contribution in [3.63, 3.8) is 0 Å². The van der Waals surface area contributed by atoms with E-state index in [-0.39, 0.29) is 0 Å². The molecule has 0 spiro atoms. The van der Waals surface area contributed by atoms with Gasteiger partial charge in [-0.25, -0.2) is 5.53 Å². The molecule has 2 aromatic rings. The summed E-state index contributed by atoms with van der Waals surface area (Å²) in [6, 6.07) is 20.1. The quantitative estimate of drug-likeness (QED) is 0.842. The highest BCUT2D eigenvalue weighted by Gasteiger charge is 2.13.